The van der Waals surface area contributed by atoms with Crippen LogP contribution in [0.5, 0.6) is 0 Å². The van der Waals surface area contributed by atoms with E-state index in [0.29, 0.717) is 0 Å². The average molecular weight is 527 g/mol. The number of para-hydroxylation sites is 1. The van der Waals surface area contributed by atoms with Gasteiger partial charge in [0.15, 0.2) is 0 Å². The Balaban J connectivity index is 1.48. The van der Waals surface area contributed by atoms with Crippen molar-refractivity contribution in [1.29, 1.82) is 0 Å². The predicted octanol–water partition coefficient (Wildman–Crippen LogP) is 11.6. The van der Waals surface area contributed by atoms with Gasteiger partial charge in [0.05, 0.1) is 0 Å². The molecule has 0 fully saturated rings. The molecule has 40 heavy (non-hydrogen) atoms. The standard InChI is InChI=1S/C38H22OS/c1-2-12-24-23(10-1)11-9-18-25(24)35-26-13-3-5-15-28(26)36(29-16-6-4-14-27(29)35)31-22-40-34-21-20-33-37(38(31)34)30-17-7-8-19-32(30)39-33/h1-22H. The molecule has 1 nitrogen and oxygen atoms in total. The van der Waals surface area contributed by atoms with Crippen molar-refractivity contribution < 1.29 is 4.42 Å². The molecule has 0 saturated carbocycles. The minimum absolute atomic E-state index is 0.933. The molecule has 0 bridgehead atoms. The molecule has 0 saturated heterocycles. The van der Waals surface area contributed by atoms with Crippen LogP contribution in [-0.2, 0) is 0 Å². The van der Waals surface area contributed by atoms with Crippen LogP contribution in [0.3, 0.4) is 0 Å². The van der Waals surface area contributed by atoms with Crippen molar-refractivity contribution >= 4 is 75.7 Å². The normalized spacial score (nSPS) is 12.0. The lowest BCUT2D eigenvalue weighted by Gasteiger charge is -2.18. The zero-order valence-electron chi connectivity index (χ0n) is 21.5. The van der Waals surface area contributed by atoms with Gasteiger partial charge in [-0.05, 0) is 72.6 Å². The highest BCUT2D eigenvalue weighted by atomic mass is 32.1. The molecule has 0 atom stereocenters. The van der Waals surface area contributed by atoms with Crippen molar-refractivity contribution in [2.24, 2.45) is 0 Å². The predicted molar refractivity (Wildman–Crippen MR) is 172 cm³/mol. The third-order valence-corrected chi connectivity index (χ3v) is 9.29. The molecule has 0 N–H and O–H groups in total. The van der Waals surface area contributed by atoms with Gasteiger partial charge in [-0.25, -0.2) is 0 Å². The molecule has 7 aromatic carbocycles. The van der Waals surface area contributed by atoms with Gasteiger partial charge in [0.2, 0.25) is 0 Å². The summed E-state index contributed by atoms with van der Waals surface area (Å²) in [4.78, 5) is 0. The fourth-order valence-electron chi connectivity index (χ4n) is 6.68. The minimum Gasteiger partial charge on any atom is -0.456 e. The molecule has 0 aliphatic rings. The average Bonchev–Trinajstić information content (AvgIpc) is 3.61. The van der Waals surface area contributed by atoms with Crippen LogP contribution in [0.4, 0.5) is 0 Å². The summed E-state index contributed by atoms with van der Waals surface area (Å²) < 4.78 is 7.60. The smallest absolute Gasteiger partial charge is 0.136 e. The van der Waals surface area contributed by atoms with E-state index in [1.165, 1.54) is 75.4 Å². The molecule has 2 heterocycles. The first-order valence-electron chi connectivity index (χ1n) is 13.6. The zero-order valence-corrected chi connectivity index (χ0v) is 22.3. The number of rotatable bonds is 2. The van der Waals surface area contributed by atoms with Gasteiger partial charge in [-0.3, -0.25) is 0 Å². The van der Waals surface area contributed by atoms with E-state index >= 15 is 0 Å². The molecule has 0 spiro atoms. The molecule has 0 unspecified atom stereocenters. The van der Waals surface area contributed by atoms with Crippen LogP contribution >= 0.6 is 11.3 Å². The molecule has 2 heteroatoms. The lowest BCUT2D eigenvalue weighted by molar-refractivity contribution is 0.669. The molecule has 9 rings (SSSR count). The lowest BCUT2D eigenvalue weighted by atomic mass is 9.84. The summed E-state index contributed by atoms with van der Waals surface area (Å²) in [6, 6.07) is 46.0. The lowest BCUT2D eigenvalue weighted by Crippen LogP contribution is -1.91. The highest BCUT2D eigenvalue weighted by molar-refractivity contribution is 7.18. The van der Waals surface area contributed by atoms with Gasteiger partial charge in [0, 0.05) is 26.4 Å². The molecule has 2 aromatic heterocycles. The van der Waals surface area contributed by atoms with Crippen molar-refractivity contribution in [3.63, 3.8) is 0 Å². The second kappa shape index (κ2) is 8.29. The quantitative estimate of drug-likeness (QED) is 0.204. The van der Waals surface area contributed by atoms with Crippen molar-refractivity contribution in [3.8, 4) is 22.3 Å². The Hall–Kier alpha value is -4.92. The van der Waals surface area contributed by atoms with Gasteiger partial charge in [-0.15, -0.1) is 11.3 Å². The Labute approximate surface area is 234 Å². The number of fused-ring (bicyclic) bond motifs is 8. The molecule has 9 aromatic rings. The summed E-state index contributed by atoms with van der Waals surface area (Å²) in [6.07, 6.45) is 0. The SMILES string of the molecule is c1ccc2c(-c3c4ccccc4c(-c4csc5ccc6oc7ccccc7c6c45)c4ccccc34)cccc2c1. The summed E-state index contributed by atoms with van der Waals surface area (Å²) in [6.45, 7) is 0. The van der Waals surface area contributed by atoms with Crippen LogP contribution in [0.2, 0.25) is 0 Å². The number of benzene rings is 7. The van der Waals surface area contributed by atoms with Gasteiger partial charge in [-0.1, -0.05) is 109 Å². The van der Waals surface area contributed by atoms with Crippen molar-refractivity contribution in [1.82, 2.24) is 0 Å². The topological polar surface area (TPSA) is 13.1 Å². The first-order chi connectivity index (χ1) is 19.9. The minimum atomic E-state index is 0.933. The summed E-state index contributed by atoms with van der Waals surface area (Å²) in [5.74, 6) is 0. The van der Waals surface area contributed by atoms with E-state index in [1.807, 2.05) is 17.4 Å². The first-order valence-corrected chi connectivity index (χ1v) is 14.5. The van der Waals surface area contributed by atoms with Crippen LogP contribution in [0.15, 0.2) is 137 Å². The van der Waals surface area contributed by atoms with Crippen molar-refractivity contribution in [2.45, 2.75) is 0 Å². The maximum absolute atomic E-state index is 6.32. The second-order valence-electron chi connectivity index (χ2n) is 10.4. The van der Waals surface area contributed by atoms with E-state index < -0.39 is 0 Å². The van der Waals surface area contributed by atoms with E-state index in [4.69, 9.17) is 4.42 Å². The summed E-state index contributed by atoms with van der Waals surface area (Å²) in [5, 5.41) is 13.6. The largest absolute Gasteiger partial charge is 0.456 e. The van der Waals surface area contributed by atoms with Crippen LogP contribution in [0.25, 0.3) is 86.6 Å². The van der Waals surface area contributed by atoms with Gasteiger partial charge >= 0.3 is 0 Å². The van der Waals surface area contributed by atoms with Crippen molar-refractivity contribution in [3.05, 3.63) is 133 Å². The van der Waals surface area contributed by atoms with E-state index in [9.17, 15) is 0 Å². The monoisotopic (exact) mass is 526 g/mol. The highest BCUT2D eigenvalue weighted by Crippen LogP contribution is 2.49. The van der Waals surface area contributed by atoms with E-state index in [-0.39, 0.29) is 0 Å². The maximum Gasteiger partial charge on any atom is 0.136 e. The maximum atomic E-state index is 6.32. The molecular formula is C38H22OS. The molecular weight excluding hydrogens is 504 g/mol. The Morgan fingerprint density at radius 2 is 0.975 bits per heavy atom. The fraction of sp³-hybridized carbons (Fsp3) is 0. The highest BCUT2D eigenvalue weighted by Gasteiger charge is 2.21. The first kappa shape index (κ1) is 22.0. The van der Waals surface area contributed by atoms with E-state index in [1.54, 1.807) is 0 Å². The number of hydrogen-bond donors (Lipinski definition) is 0. The van der Waals surface area contributed by atoms with Crippen molar-refractivity contribution in [2.75, 3.05) is 0 Å². The zero-order chi connectivity index (χ0) is 26.2. The van der Waals surface area contributed by atoms with Gasteiger partial charge < -0.3 is 4.42 Å². The number of thiophene rings is 1. The number of hydrogen-bond acceptors (Lipinski definition) is 2. The second-order valence-corrected chi connectivity index (χ2v) is 11.3. The third-order valence-electron chi connectivity index (χ3n) is 8.34. The fourth-order valence-corrected chi connectivity index (χ4v) is 7.64. The summed E-state index contributed by atoms with van der Waals surface area (Å²) >= 11 is 1.81. The van der Waals surface area contributed by atoms with Gasteiger partial charge in [0.25, 0.3) is 0 Å². The Bertz CT molecular complexity index is 2380. The third kappa shape index (κ3) is 2.97. The summed E-state index contributed by atoms with van der Waals surface area (Å²) in [5.41, 5.74) is 7.01. The molecule has 0 aliphatic carbocycles. The van der Waals surface area contributed by atoms with Gasteiger partial charge in [-0.2, -0.15) is 0 Å². The van der Waals surface area contributed by atoms with E-state index in [0.717, 1.165) is 11.2 Å². The Morgan fingerprint density at radius 3 is 1.70 bits per heavy atom. The van der Waals surface area contributed by atoms with Crippen LogP contribution in [-0.4, -0.2) is 0 Å². The molecule has 186 valence electrons. The Morgan fingerprint density at radius 1 is 0.400 bits per heavy atom. The van der Waals surface area contributed by atoms with Crippen LogP contribution in [0.1, 0.15) is 0 Å². The van der Waals surface area contributed by atoms with Crippen LogP contribution < -0.4 is 0 Å². The Kier molecular flexibility index (Phi) is 4.55. The molecule has 0 radical (unpaired) electrons. The molecule has 0 aliphatic heterocycles. The summed E-state index contributed by atoms with van der Waals surface area (Å²) in [7, 11) is 0. The van der Waals surface area contributed by atoms with Crippen LogP contribution in [0, 0.1) is 0 Å². The number of furan rings is 1. The van der Waals surface area contributed by atoms with E-state index in [2.05, 4.69) is 127 Å². The van der Waals surface area contributed by atoms with Gasteiger partial charge in [0.1, 0.15) is 11.2 Å². The molecule has 0 amide bonds.